The molecular weight excluding hydrogens is 230 g/mol. The molecule has 1 aliphatic rings. The van der Waals surface area contributed by atoms with Crippen LogP contribution in [0.25, 0.3) is 0 Å². The highest BCUT2D eigenvalue weighted by Gasteiger charge is 2.30. The number of carbonyl (C=O) groups is 1. The lowest BCUT2D eigenvalue weighted by atomic mass is 9.88. The highest BCUT2D eigenvalue weighted by atomic mass is 16.5. The first kappa shape index (κ1) is 12.9. The van der Waals surface area contributed by atoms with E-state index in [1.165, 1.54) is 0 Å². The molecule has 0 spiro atoms. The molecule has 1 heterocycles. The Kier molecular flexibility index (Phi) is 3.87. The molecule has 4 nitrogen and oxygen atoms in total. The Balaban J connectivity index is 2.13. The fourth-order valence-corrected chi connectivity index (χ4v) is 2.32. The van der Waals surface area contributed by atoms with E-state index in [0.29, 0.717) is 13.2 Å². The molecule has 1 amide bonds. The number of aromatic hydroxyl groups is 1. The number of carbonyl (C=O) groups excluding carboxylic acids is 1. The van der Waals surface area contributed by atoms with Gasteiger partial charge in [0, 0.05) is 37.9 Å². The van der Waals surface area contributed by atoms with Crippen molar-refractivity contribution in [2.45, 2.75) is 13.3 Å². The summed E-state index contributed by atoms with van der Waals surface area (Å²) in [4.78, 5) is 14.0. The predicted molar refractivity (Wildman–Crippen MR) is 69.6 cm³/mol. The molecule has 0 bridgehead atoms. The molecule has 98 valence electrons. The molecule has 1 aromatic rings. The van der Waals surface area contributed by atoms with Crippen LogP contribution in [0.15, 0.2) is 24.3 Å². The second-order valence-corrected chi connectivity index (χ2v) is 4.86. The maximum Gasteiger partial charge on any atom is 0.230 e. The predicted octanol–water partition coefficient (Wildman–Crippen LogP) is 2.03. The van der Waals surface area contributed by atoms with Crippen LogP contribution >= 0.6 is 0 Å². The maximum absolute atomic E-state index is 12.4. The molecule has 1 aliphatic heterocycles. The molecular formula is C14H19NO3. The molecule has 0 radical (unpaired) electrons. The Hall–Kier alpha value is -1.55. The van der Waals surface area contributed by atoms with Crippen molar-refractivity contribution in [3.05, 3.63) is 24.3 Å². The van der Waals surface area contributed by atoms with Crippen LogP contribution in [0.4, 0.5) is 5.69 Å². The molecule has 1 fully saturated rings. The number of phenols is 1. The van der Waals surface area contributed by atoms with E-state index >= 15 is 0 Å². The molecule has 0 saturated carbocycles. The molecule has 0 aromatic heterocycles. The van der Waals surface area contributed by atoms with E-state index in [1.807, 2.05) is 13.0 Å². The van der Waals surface area contributed by atoms with Crippen LogP contribution in [-0.4, -0.2) is 31.3 Å². The molecule has 2 unspecified atom stereocenters. The lowest BCUT2D eigenvalue weighted by Gasteiger charge is -2.31. The van der Waals surface area contributed by atoms with Crippen molar-refractivity contribution in [1.29, 1.82) is 0 Å². The minimum atomic E-state index is 0.00565. The summed E-state index contributed by atoms with van der Waals surface area (Å²) in [6.07, 6.45) is 0.767. The van der Waals surface area contributed by atoms with E-state index in [0.717, 1.165) is 12.1 Å². The van der Waals surface area contributed by atoms with Crippen LogP contribution < -0.4 is 4.90 Å². The summed E-state index contributed by atoms with van der Waals surface area (Å²) in [5.41, 5.74) is 0.721. The number of hydrogen-bond acceptors (Lipinski definition) is 3. The third-order valence-corrected chi connectivity index (χ3v) is 3.51. The topological polar surface area (TPSA) is 49.8 Å². The first-order valence-electron chi connectivity index (χ1n) is 6.24. The monoisotopic (exact) mass is 249 g/mol. The number of benzene rings is 1. The summed E-state index contributed by atoms with van der Waals surface area (Å²) >= 11 is 0. The van der Waals surface area contributed by atoms with Gasteiger partial charge in [-0.1, -0.05) is 13.0 Å². The van der Waals surface area contributed by atoms with E-state index in [-0.39, 0.29) is 23.5 Å². The molecule has 1 aromatic carbocycles. The van der Waals surface area contributed by atoms with E-state index in [9.17, 15) is 9.90 Å². The summed E-state index contributed by atoms with van der Waals surface area (Å²) in [7, 11) is 1.75. The lowest BCUT2D eigenvalue weighted by molar-refractivity contribution is -0.127. The molecule has 18 heavy (non-hydrogen) atoms. The van der Waals surface area contributed by atoms with Gasteiger partial charge >= 0.3 is 0 Å². The van der Waals surface area contributed by atoms with Crippen molar-refractivity contribution in [3.63, 3.8) is 0 Å². The molecule has 1 N–H and O–H groups in total. The van der Waals surface area contributed by atoms with Gasteiger partial charge in [-0.05, 0) is 24.5 Å². The minimum Gasteiger partial charge on any atom is -0.508 e. The van der Waals surface area contributed by atoms with Gasteiger partial charge in [-0.25, -0.2) is 0 Å². The first-order chi connectivity index (χ1) is 8.59. The van der Waals surface area contributed by atoms with Gasteiger partial charge in [-0.3, -0.25) is 4.79 Å². The second kappa shape index (κ2) is 5.40. The lowest BCUT2D eigenvalue weighted by Crippen LogP contribution is -2.40. The number of phenolic OH excluding ortho intramolecular Hbond substituents is 1. The fraction of sp³-hybridized carbons (Fsp3) is 0.500. The zero-order valence-corrected chi connectivity index (χ0v) is 10.8. The van der Waals surface area contributed by atoms with Gasteiger partial charge in [0.15, 0.2) is 0 Å². The Labute approximate surface area is 107 Å². The normalized spacial score (nSPS) is 23.7. The molecule has 2 atom stereocenters. The smallest absolute Gasteiger partial charge is 0.230 e. The first-order valence-corrected chi connectivity index (χ1v) is 6.24. The number of hydrogen-bond donors (Lipinski definition) is 1. The number of ether oxygens (including phenoxy) is 1. The SMILES string of the molecule is CC1COCCC1C(=O)N(C)c1cccc(O)c1. The van der Waals surface area contributed by atoms with Crippen LogP contribution in [-0.2, 0) is 9.53 Å². The number of anilines is 1. The van der Waals surface area contributed by atoms with Crippen molar-refractivity contribution in [2.24, 2.45) is 11.8 Å². The van der Waals surface area contributed by atoms with Gasteiger partial charge in [-0.2, -0.15) is 0 Å². The highest BCUT2D eigenvalue weighted by molar-refractivity contribution is 5.94. The van der Waals surface area contributed by atoms with Gasteiger partial charge in [0.2, 0.25) is 5.91 Å². The van der Waals surface area contributed by atoms with E-state index in [4.69, 9.17) is 4.74 Å². The van der Waals surface area contributed by atoms with Crippen molar-refractivity contribution in [2.75, 3.05) is 25.2 Å². The minimum absolute atomic E-state index is 0.00565. The molecule has 2 rings (SSSR count). The Morgan fingerprint density at radius 3 is 2.94 bits per heavy atom. The molecule has 4 heteroatoms. The summed E-state index contributed by atoms with van der Waals surface area (Å²) in [5.74, 6) is 0.515. The average Bonchev–Trinajstić information content (AvgIpc) is 2.37. The van der Waals surface area contributed by atoms with Crippen LogP contribution in [0.5, 0.6) is 5.75 Å². The van der Waals surface area contributed by atoms with Gasteiger partial charge in [0.05, 0.1) is 0 Å². The fourth-order valence-electron chi connectivity index (χ4n) is 2.32. The average molecular weight is 249 g/mol. The van der Waals surface area contributed by atoms with Gasteiger partial charge in [0.25, 0.3) is 0 Å². The van der Waals surface area contributed by atoms with Crippen molar-refractivity contribution < 1.29 is 14.6 Å². The molecule has 1 saturated heterocycles. The van der Waals surface area contributed by atoms with E-state index in [1.54, 1.807) is 30.1 Å². The third-order valence-electron chi connectivity index (χ3n) is 3.51. The summed E-state index contributed by atoms with van der Waals surface area (Å²) in [6, 6.07) is 6.75. The Morgan fingerprint density at radius 2 is 2.28 bits per heavy atom. The molecule has 0 aliphatic carbocycles. The van der Waals surface area contributed by atoms with Crippen LogP contribution in [0.2, 0.25) is 0 Å². The van der Waals surface area contributed by atoms with Crippen LogP contribution in [0.1, 0.15) is 13.3 Å². The Bertz CT molecular complexity index is 433. The van der Waals surface area contributed by atoms with Crippen molar-refractivity contribution in [3.8, 4) is 5.75 Å². The Morgan fingerprint density at radius 1 is 1.50 bits per heavy atom. The summed E-state index contributed by atoms with van der Waals surface area (Å²) in [6.45, 7) is 3.33. The van der Waals surface area contributed by atoms with Gasteiger partial charge in [-0.15, -0.1) is 0 Å². The third kappa shape index (κ3) is 2.64. The zero-order valence-electron chi connectivity index (χ0n) is 10.8. The number of amides is 1. The second-order valence-electron chi connectivity index (χ2n) is 4.86. The van der Waals surface area contributed by atoms with Gasteiger partial charge < -0.3 is 14.7 Å². The standard InChI is InChI=1S/C14H19NO3/c1-10-9-18-7-6-13(10)14(17)15(2)11-4-3-5-12(16)8-11/h3-5,8,10,13,16H,6-7,9H2,1-2H3. The van der Waals surface area contributed by atoms with Crippen LogP contribution in [0.3, 0.4) is 0 Å². The zero-order chi connectivity index (χ0) is 13.1. The number of rotatable bonds is 2. The van der Waals surface area contributed by atoms with Crippen molar-refractivity contribution >= 4 is 11.6 Å². The number of nitrogens with zero attached hydrogens (tertiary/aromatic N) is 1. The van der Waals surface area contributed by atoms with Gasteiger partial charge in [0.1, 0.15) is 5.75 Å². The summed E-state index contributed by atoms with van der Waals surface area (Å²) in [5, 5.41) is 9.45. The largest absolute Gasteiger partial charge is 0.508 e. The summed E-state index contributed by atoms with van der Waals surface area (Å²) < 4.78 is 5.36. The maximum atomic E-state index is 12.4. The van der Waals surface area contributed by atoms with E-state index in [2.05, 4.69) is 0 Å². The van der Waals surface area contributed by atoms with Crippen LogP contribution in [0, 0.1) is 11.8 Å². The highest BCUT2D eigenvalue weighted by Crippen LogP contribution is 2.26. The van der Waals surface area contributed by atoms with E-state index < -0.39 is 0 Å². The van der Waals surface area contributed by atoms with Crippen molar-refractivity contribution in [1.82, 2.24) is 0 Å². The quantitative estimate of drug-likeness (QED) is 0.872.